The molecule has 8 heteroatoms. The Morgan fingerprint density at radius 2 is 1.97 bits per heavy atom. The van der Waals surface area contributed by atoms with Crippen LogP contribution in [0.1, 0.15) is 31.9 Å². The minimum atomic E-state index is -0.592. The molecule has 0 unspecified atom stereocenters. The van der Waals surface area contributed by atoms with Crippen LogP contribution in [0.3, 0.4) is 0 Å². The smallest absolute Gasteiger partial charge is 0.407 e. The molecule has 4 rings (SSSR count). The predicted octanol–water partition coefficient (Wildman–Crippen LogP) is 3.62. The average molecular weight is 448 g/mol. The fourth-order valence-electron chi connectivity index (χ4n) is 3.79. The van der Waals surface area contributed by atoms with E-state index in [4.69, 9.17) is 4.74 Å². The molecule has 33 heavy (non-hydrogen) atoms. The zero-order valence-electron chi connectivity index (χ0n) is 19.1. The molecule has 1 aromatic carbocycles. The largest absolute Gasteiger partial charge is 0.444 e. The van der Waals surface area contributed by atoms with Crippen molar-refractivity contribution in [1.82, 2.24) is 20.6 Å². The number of ether oxygens (including phenoxy) is 1. The van der Waals surface area contributed by atoms with Gasteiger partial charge in [-0.1, -0.05) is 30.3 Å². The van der Waals surface area contributed by atoms with Gasteiger partial charge in [0.1, 0.15) is 11.2 Å². The molecule has 0 saturated carbocycles. The number of pyridine rings is 1. The number of carbonyl (C=O) groups excluding carboxylic acids is 2. The van der Waals surface area contributed by atoms with Gasteiger partial charge in [-0.25, -0.2) is 9.78 Å². The molecule has 0 saturated heterocycles. The molecular weight excluding hydrogens is 418 g/mol. The van der Waals surface area contributed by atoms with Crippen LogP contribution >= 0.6 is 0 Å². The average Bonchev–Trinajstić information content (AvgIpc) is 3.07. The minimum absolute atomic E-state index is 0.190. The van der Waals surface area contributed by atoms with Gasteiger partial charge in [0.25, 0.3) is 0 Å². The van der Waals surface area contributed by atoms with Crippen LogP contribution in [-0.2, 0) is 16.0 Å². The summed E-state index contributed by atoms with van der Waals surface area (Å²) in [6.07, 6.45) is 5.52. The molecule has 3 aromatic rings. The highest BCUT2D eigenvalue weighted by molar-refractivity contribution is 6.05. The number of hydrogen-bond acceptors (Lipinski definition) is 5. The first kappa shape index (κ1) is 22.4. The van der Waals surface area contributed by atoms with Crippen molar-refractivity contribution in [1.29, 1.82) is 0 Å². The summed E-state index contributed by atoms with van der Waals surface area (Å²) >= 11 is 0. The number of nitrogens with zero attached hydrogens (tertiary/aromatic N) is 1. The lowest BCUT2D eigenvalue weighted by Gasteiger charge is -2.23. The van der Waals surface area contributed by atoms with E-state index in [0.717, 1.165) is 27.8 Å². The first-order chi connectivity index (χ1) is 15.8. The van der Waals surface area contributed by atoms with Gasteiger partial charge >= 0.3 is 6.09 Å². The van der Waals surface area contributed by atoms with Gasteiger partial charge in [-0.3, -0.25) is 4.79 Å². The van der Waals surface area contributed by atoms with Gasteiger partial charge in [-0.15, -0.1) is 0 Å². The minimum Gasteiger partial charge on any atom is -0.444 e. The summed E-state index contributed by atoms with van der Waals surface area (Å²) in [6, 6.07) is 11.4. The number of benzene rings is 1. The third kappa shape index (κ3) is 5.71. The molecule has 1 aliphatic heterocycles. The number of anilines is 1. The van der Waals surface area contributed by atoms with Gasteiger partial charge in [0.2, 0.25) is 5.91 Å². The van der Waals surface area contributed by atoms with Crippen LogP contribution in [0, 0.1) is 0 Å². The van der Waals surface area contributed by atoms with Crippen LogP contribution in [0.4, 0.5) is 10.5 Å². The van der Waals surface area contributed by atoms with Crippen molar-refractivity contribution in [3.8, 4) is 0 Å². The van der Waals surface area contributed by atoms with E-state index in [9.17, 15) is 9.59 Å². The summed E-state index contributed by atoms with van der Waals surface area (Å²) in [4.78, 5) is 32.9. The summed E-state index contributed by atoms with van der Waals surface area (Å²) in [5, 5.41) is 10.2. The van der Waals surface area contributed by atoms with Crippen LogP contribution < -0.4 is 16.0 Å². The molecule has 172 valence electrons. The third-order valence-corrected chi connectivity index (χ3v) is 5.25. The van der Waals surface area contributed by atoms with Crippen molar-refractivity contribution in [3.05, 3.63) is 65.5 Å². The molecule has 2 aromatic heterocycles. The van der Waals surface area contributed by atoms with Gasteiger partial charge in [0, 0.05) is 47.7 Å². The van der Waals surface area contributed by atoms with E-state index in [1.807, 2.05) is 69.4 Å². The van der Waals surface area contributed by atoms with Crippen LogP contribution in [0.5, 0.6) is 0 Å². The molecule has 4 N–H and O–H groups in total. The summed E-state index contributed by atoms with van der Waals surface area (Å²) in [5.74, 6) is -0.190. The molecule has 0 spiro atoms. The first-order valence-corrected chi connectivity index (χ1v) is 11.0. The molecule has 3 heterocycles. The standard InChI is InChI=1S/C25H29N5O3/c1-25(2,3)33-24(32)29-15-19(11-16-7-5-4-6-8-16)30-23(31)18-12-17-13-28-22-21(17)20(27-14-18)9-10-26-22/h4-10,12-13,19,27H,11,14-15H2,1-3H3,(H,26,28)(H,29,32)(H,30,31)/t19-/m0/s1. The van der Waals surface area contributed by atoms with Crippen molar-refractivity contribution >= 4 is 34.8 Å². The quantitative estimate of drug-likeness (QED) is 0.462. The summed E-state index contributed by atoms with van der Waals surface area (Å²) < 4.78 is 5.34. The van der Waals surface area contributed by atoms with Gasteiger partial charge in [-0.2, -0.15) is 0 Å². The molecule has 1 aliphatic rings. The highest BCUT2D eigenvalue weighted by Gasteiger charge is 2.22. The molecule has 0 bridgehead atoms. The highest BCUT2D eigenvalue weighted by atomic mass is 16.6. The lowest BCUT2D eigenvalue weighted by atomic mass is 10.0. The fourth-order valence-corrected chi connectivity index (χ4v) is 3.79. The van der Waals surface area contributed by atoms with Crippen molar-refractivity contribution in [3.63, 3.8) is 0 Å². The number of rotatable bonds is 6. The van der Waals surface area contributed by atoms with E-state index in [1.54, 1.807) is 6.20 Å². The Labute approximate surface area is 192 Å². The highest BCUT2D eigenvalue weighted by Crippen LogP contribution is 2.29. The lowest BCUT2D eigenvalue weighted by Crippen LogP contribution is -2.46. The Balaban J connectivity index is 1.49. The summed E-state index contributed by atoms with van der Waals surface area (Å²) in [7, 11) is 0. The number of H-pyrrole nitrogens is 1. The lowest BCUT2D eigenvalue weighted by molar-refractivity contribution is -0.118. The van der Waals surface area contributed by atoms with Crippen molar-refractivity contribution < 1.29 is 14.3 Å². The van der Waals surface area contributed by atoms with Crippen molar-refractivity contribution in [2.45, 2.75) is 38.8 Å². The Morgan fingerprint density at radius 3 is 2.73 bits per heavy atom. The second-order valence-corrected chi connectivity index (χ2v) is 9.09. The zero-order valence-corrected chi connectivity index (χ0v) is 19.1. The monoisotopic (exact) mass is 447 g/mol. The van der Waals surface area contributed by atoms with Crippen molar-refractivity contribution in [2.24, 2.45) is 0 Å². The van der Waals surface area contributed by atoms with Gasteiger partial charge in [0.05, 0.1) is 6.04 Å². The van der Waals surface area contributed by atoms with Crippen LogP contribution in [-0.4, -0.2) is 46.7 Å². The third-order valence-electron chi connectivity index (χ3n) is 5.25. The maximum atomic E-state index is 13.2. The Morgan fingerprint density at radius 1 is 1.18 bits per heavy atom. The molecule has 0 fully saturated rings. The van der Waals surface area contributed by atoms with Gasteiger partial charge in [0.15, 0.2) is 0 Å². The number of aromatic amines is 1. The molecular formula is C25H29N5O3. The molecule has 2 amide bonds. The SMILES string of the molecule is CC(C)(C)OC(=O)NC[C@H](Cc1ccccc1)NC(=O)C1=Cc2c[nH]c3nccc(c23)NC1. The number of amides is 2. The second kappa shape index (κ2) is 9.36. The van der Waals surface area contributed by atoms with E-state index in [2.05, 4.69) is 25.9 Å². The Bertz CT molecular complexity index is 1180. The molecule has 1 atom stereocenters. The first-order valence-electron chi connectivity index (χ1n) is 11.0. The van der Waals surface area contributed by atoms with Gasteiger partial charge < -0.3 is 25.7 Å². The zero-order chi connectivity index (χ0) is 23.4. The van der Waals surface area contributed by atoms with E-state index in [1.165, 1.54) is 0 Å². The Kier molecular flexibility index (Phi) is 6.35. The van der Waals surface area contributed by atoms with Gasteiger partial charge in [-0.05, 0) is 44.9 Å². The van der Waals surface area contributed by atoms with Crippen LogP contribution in [0.15, 0.2) is 54.4 Å². The number of carbonyl (C=O) groups is 2. The number of alkyl carbamates (subject to hydrolysis) is 1. The maximum absolute atomic E-state index is 13.2. The predicted molar refractivity (Wildman–Crippen MR) is 129 cm³/mol. The van der Waals surface area contributed by atoms with E-state index < -0.39 is 11.7 Å². The normalized spacial score (nSPS) is 14.0. The number of aromatic nitrogens is 2. The van der Waals surface area contributed by atoms with Crippen molar-refractivity contribution in [2.75, 3.05) is 18.4 Å². The van der Waals surface area contributed by atoms with E-state index >= 15 is 0 Å². The second-order valence-electron chi connectivity index (χ2n) is 9.09. The molecule has 8 nitrogen and oxygen atoms in total. The number of hydrogen-bond donors (Lipinski definition) is 4. The van der Waals surface area contributed by atoms with Crippen LogP contribution in [0.2, 0.25) is 0 Å². The van der Waals surface area contributed by atoms with E-state index in [0.29, 0.717) is 18.5 Å². The van der Waals surface area contributed by atoms with Crippen LogP contribution in [0.25, 0.3) is 17.1 Å². The fraction of sp³-hybridized carbons (Fsp3) is 0.320. The molecule has 0 aliphatic carbocycles. The summed E-state index contributed by atoms with van der Waals surface area (Å²) in [6.45, 7) is 6.07. The topological polar surface area (TPSA) is 108 Å². The maximum Gasteiger partial charge on any atom is 0.407 e. The number of nitrogens with one attached hydrogen (secondary N) is 4. The Hall–Kier alpha value is -3.81. The molecule has 0 radical (unpaired) electrons. The summed E-state index contributed by atoms with van der Waals surface area (Å²) in [5.41, 5.74) is 3.69. The van der Waals surface area contributed by atoms with E-state index in [-0.39, 0.29) is 18.5 Å².